The second-order valence-corrected chi connectivity index (χ2v) is 6.43. The van der Waals surface area contributed by atoms with Crippen LogP contribution in [0.1, 0.15) is 46.5 Å². The molecule has 2 rings (SSSR count). The van der Waals surface area contributed by atoms with E-state index in [1.807, 2.05) is 27.7 Å². The van der Waals surface area contributed by atoms with Crippen LogP contribution in [0.15, 0.2) is 24.3 Å². The Kier molecular flexibility index (Phi) is 4.79. The number of carboxylic acid groups (broad SMARTS) is 1. The molecule has 3 nitrogen and oxygen atoms in total. The summed E-state index contributed by atoms with van der Waals surface area (Å²) in [5, 5.41) is 12.9. The van der Waals surface area contributed by atoms with Gasteiger partial charge in [-0.25, -0.2) is 4.79 Å². The van der Waals surface area contributed by atoms with Gasteiger partial charge in [-0.3, -0.25) is 0 Å². The summed E-state index contributed by atoms with van der Waals surface area (Å²) in [6, 6.07) is 8.73. The number of rotatable bonds is 4. The third-order valence-corrected chi connectivity index (χ3v) is 4.47. The molecule has 0 radical (unpaired) electrons. The number of anilines is 1. The number of hydrogen-bond donors (Lipinski definition) is 2. The van der Waals surface area contributed by atoms with Crippen molar-refractivity contribution in [3.05, 3.63) is 52.1 Å². The molecule has 0 saturated carbocycles. The molecule has 2 N–H and O–H groups in total. The Balaban J connectivity index is 2.58. The minimum absolute atomic E-state index is 0.392. The van der Waals surface area contributed by atoms with Gasteiger partial charge in [0.1, 0.15) is 0 Å². The van der Waals surface area contributed by atoms with Gasteiger partial charge in [0, 0.05) is 11.7 Å². The molecule has 23 heavy (non-hydrogen) atoms. The molecule has 0 amide bonds. The van der Waals surface area contributed by atoms with Gasteiger partial charge in [-0.2, -0.15) is 0 Å². The highest BCUT2D eigenvalue weighted by molar-refractivity contribution is 5.94. The third kappa shape index (κ3) is 3.24. The SMILES string of the molecule is Cc1c(C)c(-c2ccc(NC(C)C)cc2)c(C)c(C)c1C(=O)O. The second-order valence-electron chi connectivity index (χ2n) is 6.43. The number of benzene rings is 2. The minimum Gasteiger partial charge on any atom is -0.478 e. The fourth-order valence-electron chi connectivity index (χ4n) is 3.13. The molecule has 0 fully saturated rings. The zero-order valence-electron chi connectivity index (χ0n) is 14.7. The summed E-state index contributed by atoms with van der Waals surface area (Å²) in [6.07, 6.45) is 0. The van der Waals surface area contributed by atoms with Gasteiger partial charge in [0.25, 0.3) is 0 Å². The molecular weight excluding hydrogens is 286 g/mol. The zero-order chi connectivity index (χ0) is 17.3. The first-order valence-electron chi connectivity index (χ1n) is 7.94. The molecule has 0 aliphatic carbocycles. The van der Waals surface area contributed by atoms with Crippen LogP contribution in [0, 0.1) is 27.7 Å². The van der Waals surface area contributed by atoms with Gasteiger partial charge in [0.2, 0.25) is 0 Å². The topological polar surface area (TPSA) is 49.3 Å². The quantitative estimate of drug-likeness (QED) is 0.825. The van der Waals surface area contributed by atoms with E-state index in [0.29, 0.717) is 11.6 Å². The largest absolute Gasteiger partial charge is 0.478 e. The van der Waals surface area contributed by atoms with Gasteiger partial charge >= 0.3 is 5.97 Å². The van der Waals surface area contributed by atoms with Crippen molar-refractivity contribution in [2.45, 2.75) is 47.6 Å². The summed E-state index contributed by atoms with van der Waals surface area (Å²) in [4.78, 5) is 11.5. The first-order chi connectivity index (χ1) is 10.7. The molecule has 0 unspecified atom stereocenters. The van der Waals surface area contributed by atoms with Crippen molar-refractivity contribution in [2.75, 3.05) is 5.32 Å². The molecule has 0 heterocycles. The molecule has 0 bridgehead atoms. The maximum Gasteiger partial charge on any atom is 0.336 e. The Morgan fingerprint density at radius 1 is 0.913 bits per heavy atom. The van der Waals surface area contributed by atoms with Crippen LogP contribution in [-0.2, 0) is 0 Å². The summed E-state index contributed by atoms with van der Waals surface area (Å²) in [5.41, 5.74) is 7.56. The summed E-state index contributed by atoms with van der Waals surface area (Å²) in [6.45, 7) is 12.0. The van der Waals surface area contributed by atoms with Crippen LogP contribution >= 0.6 is 0 Å². The van der Waals surface area contributed by atoms with E-state index in [1.165, 1.54) is 0 Å². The van der Waals surface area contributed by atoms with Crippen molar-refractivity contribution in [1.29, 1.82) is 0 Å². The highest BCUT2D eigenvalue weighted by Gasteiger charge is 2.19. The smallest absolute Gasteiger partial charge is 0.336 e. The molecule has 0 aromatic heterocycles. The van der Waals surface area contributed by atoms with E-state index in [-0.39, 0.29) is 0 Å². The standard InChI is InChI=1S/C20H25NO2/c1-11(2)21-17-9-7-16(8-10-17)18-12(3)14(5)19(20(22)23)15(6)13(18)4/h7-11,21H,1-6H3,(H,22,23). The lowest BCUT2D eigenvalue weighted by molar-refractivity contribution is 0.0695. The van der Waals surface area contributed by atoms with Crippen molar-refractivity contribution in [3.63, 3.8) is 0 Å². The van der Waals surface area contributed by atoms with E-state index in [0.717, 1.165) is 39.1 Å². The van der Waals surface area contributed by atoms with E-state index in [9.17, 15) is 9.90 Å². The van der Waals surface area contributed by atoms with E-state index in [4.69, 9.17) is 0 Å². The summed E-state index contributed by atoms with van der Waals surface area (Å²) in [7, 11) is 0. The molecule has 0 aliphatic rings. The van der Waals surface area contributed by atoms with Crippen LogP contribution in [0.3, 0.4) is 0 Å². The van der Waals surface area contributed by atoms with Gasteiger partial charge in [-0.05, 0) is 87.1 Å². The zero-order valence-corrected chi connectivity index (χ0v) is 14.7. The second kappa shape index (κ2) is 6.45. The molecule has 0 atom stereocenters. The third-order valence-electron chi connectivity index (χ3n) is 4.47. The number of aromatic carboxylic acids is 1. The van der Waals surface area contributed by atoms with E-state index >= 15 is 0 Å². The Hall–Kier alpha value is -2.29. The van der Waals surface area contributed by atoms with Gasteiger partial charge in [-0.1, -0.05) is 12.1 Å². The lowest BCUT2D eigenvalue weighted by atomic mass is 9.86. The van der Waals surface area contributed by atoms with Gasteiger partial charge in [0.15, 0.2) is 0 Å². The van der Waals surface area contributed by atoms with Gasteiger partial charge < -0.3 is 10.4 Å². The predicted octanol–water partition coefficient (Wildman–Crippen LogP) is 5.11. The van der Waals surface area contributed by atoms with Gasteiger partial charge in [0.05, 0.1) is 5.56 Å². The highest BCUT2D eigenvalue weighted by Crippen LogP contribution is 2.34. The maximum absolute atomic E-state index is 11.5. The molecule has 122 valence electrons. The molecule has 0 spiro atoms. The normalized spacial score (nSPS) is 10.9. The van der Waals surface area contributed by atoms with Crippen molar-refractivity contribution in [1.82, 2.24) is 0 Å². The summed E-state index contributed by atoms with van der Waals surface area (Å²) < 4.78 is 0. The summed E-state index contributed by atoms with van der Waals surface area (Å²) in [5.74, 6) is -0.853. The van der Waals surface area contributed by atoms with E-state index in [1.54, 1.807) is 0 Å². The minimum atomic E-state index is -0.853. The number of nitrogens with one attached hydrogen (secondary N) is 1. The molecule has 0 saturated heterocycles. The molecule has 2 aromatic rings. The maximum atomic E-state index is 11.5. The van der Waals surface area contributed by atoms with Crippen molar-refractivity contribution in [3.8, 4) is 11.1 Å². The molecule has 3 heteroatoms. The first kappa shape index (κ1) is 17.1. The number of hydrogen-bond acceptors (Lipinski definition) is 2. The van der Waals surface area contributed by atoms with Crippen LogP contribution in [0.25, 0.3) is 11.1 Å². The van der Waals surface area contributed by atoms with Crippen molar-refractivity contribution < 1.29 is 9.90 Å². The van der Waals surface area contributed by atoms with Crippen LogP contribution in [0.5, 0.6) is 0 Å². The van der Waals surface area contributed by atoms with Crippen molar-refractivity contribution >= 4 is 11.7 Å². The first-order valence-corrected chi connectivity index (χ1v) is 7.94. The number of carboxylic acids is 1. The lowest BCUT2D eigenvalue weighted by Crippen LogP contribution is -2.09. The van der Waals surface area contributed by atoms with Crippen LogP contribution < -0.4 is 5.32 Å². The predicted molar refractivity (Wildman–Crippen MR) is 96.5 cm³/mol. The lowest BCUT2D eigenvalue weighted by Gasteiger charge is -2.19. The fraction of sp³-hybridized carbons (Fsp3) is 0.350. The Bertz CT molecular complexity index is 714. The van der Waals surface area contributed by atoms with Crippen LogP contribution in [0.2, 0.25) is 0 Å². The Labute approximate surface area is 138 Å². The van der Waals surface area contributed by atoms with Gasteiger partial charge in [-0.15, -0.1) is 0 Å². The monoisotopic (exact) mass is 311 g/mol. The van der Waals surface area contributed by atoms with Crippen LogP contribution in [-0.4, -0.2) is 17.1 Å². The molecule has 0 aliphatic heterocycles. The van der Waals surface area contributed by atoms with E-state index in [2.05, 4.69) is 43.4 Å². The van der Waals surface area contributed by atoms with E-state index < -0.39 is 5.97 Å². The molecular formula is C20H25NO2. The Morgan fingerprint density at radius 2 is 1.39 bits per heavy atom. The fourth-order valence-corrected chi connectivity index (χ4v) is 3.13. The molecule has 2 aromatic carbocycles. The highest BCUT2D eigenvalue weighted by atomic mass is 16.4. The Morgan fingerprint density at radius 3 is 1.78 bits per heavy atom. The average molecular weight is 311 g/mol. The summed E-state index contributed by atoms with van der Waals surface area (Å²) >= 11 is 0. The van der Waals surface area contributed by atoms with Crippen molar-refractivity contribution in [2.24, 2.45) is 0 Å². The van der Waals surface area contributed by atoms with Crippen LogP contribution in [0.4, 0.5) is 5.69 Å². The number of carbonyl (C=O) groups is 1. The average Bonchev–Trinajstić information content (AvgIpc) is 2.46.